The summed E-state index contributed by atoms with van der Waals surface area (Å²) in [6.07, 6.45) is -1.16. The first-order valence-electron chi connectivity index (χ1n) is 9.27. The normalized spacial score (nSPS) is 18.4. The molecule has 3 aromatic rings. The molecule has 0 bridgehead atoms. The van der Waals surface area contributed by atoms with Crippen LogP contribution in [0.25, 0.3) is 11.1 Å². The third kappa shape index (κ3) is 3.83. The number of amides is 1. The van der Waals surface area contributed by atoms with E-state index in [1.807, 2.05) is 0 Å². The van der Waals surface area contributed by atoms with Gasteiger partial charge in [-0.3, -0.25) is 9.69 Å². The Morgan fingerprint density at radius 2 is 1.64 bits per heavy atom. The molecular weight excluding hydrogens is 449 g/mol. The smallest absolute Gasteiger partial charge is 0.403 e. The van der Waals surface area contributed by atoms with Gasteiger partial charge in [0.2, 0.25) is 0 Å². The van der Waals surface area contributed by atoms with Crippen LogP contribution >= 0.6 is 0 Å². The van der Waals surface area contributed by atoms with Crippen molar-refractivity contribution in [2.24, 2.45) is 10.7 Å². The van der Waals surface area contributed by atoms with E-state index >= 15 is 0 Å². The number of guanidine groups is 1. The van der Waals surface area contributed by atoms with Crippen molar-refractivity contribution < 1.29 is 31.5 Å². The molecule has 0 fully saturated rings. The minimum Gasteiger partial charge on any atom is -0.403 e. The second-order valence-corrected chi connectivity index (χ2v) is 7.06. The largest absolute Gasteiger partial charge is 0.573 e. The van der Waals surface area contributed by atoms with Crippen LogP contribution in [0.4, 0.5) is 22.0 Å². The van der Waals surface area contributed by atoms with Crippen molar-refractivity contribution in [3.8, 4) is 16.9 Å². The van der Waals surface area contributed by atoms with Gasteiger partial charge in [0.25, 0.3) is 5.91 Å². The molecule has 7 nitrogen and oxygen atoms in total. The van der Waals surface area contributed by atoms with Crippen LogP contribution in [0.5, 0.6) is 5.75 Å². The molecule has 170 valence electrons. The van der Waals surface area contributed by atoms with E-state index in [2.05, 4.69) is 19.7 Å². The standard InChI is InChI=1S/C21H14F5N5O2/c1-31-18(32)20(30-19(31)27,13-3-5-17(16(23)7-13)33-21(24,25)26)12-2-4-15(22)14(6-12)11-8-28-10-29-9-11/h2-10H,1H3,(H2,27,30). The minimum atomic E-state index is -5.12. The van der Waals surface area contributed by atoms with Gasteiger partial charge in [-0.25, -0.2) is 23.7 Å². The zero-order chi connectivity index (χ0) is 24.0. The van der Waals surface area contributed by atoms with Crippen LogP contribution in [0.1, 0.15) is 11.1 Å². The molecule has 1 unspecified atom stereocenters. The average Bonchev–Trinajstić information content (AvgIpc) is 3.00. The zero-order valence-corrected chi connectivity index (χ0v) is 16.8. The summed E-state index contributed by atoms with van der Waals surface area (Å²) < 4.78 is 70.4. The Morgan fingerprint density at radius 3 is 2.21 bits per heavy atom. The first-order valence-corrected chi connectivity index (χ1v) is 9.27. The first-order chi connectivity index (χ1) is 15.5. The van der Waals surface area contributed by atoms with Crippen molar-refractivity contribution in [3.05, 3.63) is 77.9 Å². The second kappa shape index (κ2) is 7.80. The van der Waals surface area contributed by atoms with Crippen molar-refractivity contribution in [1.29, 1.82) is 0 Å². The summed E-state index contributed by atoms with van der Waals surface area (Å²) in [5.74, 6) is -4.05. The van der Waals surface area contributed by atoms with Gasteiger partial charge in [0.1, 0.15) is 12.1 Å². The highest BCUT2D eigenvalue weighted by molar-refractivity contribution is 6.09. The third-order valence-corrected chi connectivity index (χ3v) is 5.07. The van der Waals surface area contributed by atoms with Gasteiger partial charge in [-0.2, -0.15) is 0 Å². The molecule has 0 saturated heterocycles. The van der Waals surface area contributed by atoms with Crippen LogP contribution < -0.4 is 10.5 Å². The van der Waals surface area contributed by atoms with Gasteiger partial charge in [-0.1, -0.05) is 12.1 Å². The predicted molar refractivity (Wildman–Crippen MR) is 106 cm³/mol. The maximum absolute atomic E-state index is 14.6. The number of nitrogens with two attached hydrogens (primary N) is 1. The van der Waals surface area contributed by atoms with Gasteiger partial charge in [0.15, 0.2) is 23.1 Å². The maximum atomic E-state index is 14.6. The van der Waals surface area contributed by atoms with Crippen molar-refractivity contribution >= 4 is 11.9 Å². The van der Waals surface area contributed by atoms with Gasteiger partial charge in [-0.05, 0) is 35.4 Å². The fourth-order valence-electron chi connectivity index (χ4n) is 3.53. The molecule has 1 amide bonds. The third-order valence-electron chi connectivity index (χ3n) is 5.07. The maximum Gasteiger partial charge on any atom is 0.573 e. The van der Waals surface area contributed by atoms with Crippen LogP contribution in [0.2, 0.25) is 0 Å². The van der Waals surface area contributed by atoms with Crippen LogP contribution in [0, 0.1) is 11.6 Å². The number of rotatable bonds is 4. The van der Waals surface area contributed by atoms with Gasteiger partial charge < -0.3 is 10.5 Å². The summed E-state index contributed by atoms with van der Waals surface area (Å²) >= 11 is 0. The number of alkyl halides is 3. The van der Waals surface area contributed by atoms with Crippen LogP contribution in [-0.2, 0) is 10.3 Å². The molecule has 0 spiro atoms. The number of likely N-dealkylation sites (N-methyl/N-ethyl adjacent to an activating group) is 1. The topological polar surface area (TPSA) is 93.7 Å². The van der Waals surface area contributed by atoms with Crippen molar-refractivity contribution in [2.75, 3.05) is 7.05 Å². The van der Waals surface area contributed by atoms with Crippen LogP contribution in [-0.4, -0.2) is 40.1 Å². The molecule has 1 atom stereocenters. The molecule has 2 N–H and O–H groups in total. The van der Waals surface area contributed by atoms with Crippen molar-refractivity contribution in [1.82, 2.24) is 14.9 Å². The van der Waals surface area contributed by atoms with Gasteiger partial charge >= 0.3 is 6.36 Å². The fourth-order valence-corrected chi connectivity index (χ4v) is 3.53. The highest BCUT2D eigenvalue weighted by Gasteiger charge is 2.50. The summed E-state index contributed by atoms with van der Waals surface area (Å²) in [4.78, 5) is 26.2. The molecule has 2 aromatic carbocycles. The Morgan fingerprint density at radius 1 is 1.00 bits per heavy atom. The lowest BCUT2D eigenvalue weighted by Gasteiger charge is -2.27. The second-order valence-electron chi connectivity index (χ2n) is 7.06. The number of ether oxygens (including phenoxy) is 1. The quantitative estimate of drug-likeness (QED) is 0.599. The lowest BCUT2D eigenvalue weighted by atomic mass is 9.81. The fraction of sp³-hybridized carbons (Fsp3) is 0.143. The molecule has 2 heterocycles. The summed E-state index contributed by atoms with van der Waals surface area (Å²) in [5, 5.41) is 0. The zero-order valence-electron chi connectivity index (χ0n) is 16.8. The molecule has 1 aliphatic heterocycles. The van der Waals surface area contributed by atoms with Gasteiger partial charge in [-0.15, -0.1) is 13.2 Å². The van der Waals surface area contributed by atoms with E-state index in [4.69, 9.17) is 5.73 Å². The first kappa shape index (κ1) is 22.1. The molecule has 0 aliphatic carbocycles. The Balaban J connectivity index is 1.92. The van der Waals surface area contributed by atoms with E-state index in [1.54, 1.807) is 0 Å². The molecule has 0 saturated carbocycles. The summed E-state index contributed by atoms with van der Waals surface area (Å²) in [6.45, 7) is 0. The highest BCUT2D eigenvalue weighted by Crippen LogP contribution is 2.42. The number of hydrogen-bond donors (Lipinski definition) is 1. The molecule has 1 aromatic heterocycles. The SMILES string of the molecule is CN1C(=O)C(c2ccc(OC(F)(F)F)c(F)c2)(c2ccc(F)c(-c3cncnc3)c2)N=C1N. The summed E-state index contributed by atoms with van der Waals surface area (Å²) in [7, 11) is 1.33. The van der Waals surface area contributed by atoms with Gasteiger partial charge in [0, 0.05) is 30.6 Å². The lowest BCUT2D eigenvalue weighted by molar-refractivity contribution is -0.275. The van der Waals surface area contributed by atoms with E-state index in [9.17, 15) is 26.7 Å². The van der Waals surface area contributed by atoms with E-state index in [1.165, 1.54) is 37.9 Å². The van der Waals surface area contributed by atoms with Crippen LogP contribution in [0.3, 0.4) is 0 Å². The molecule has 4 rings (SSSR count). The minimum absolute atomic E-state index is 0.0288. The molecule has 1 aliphatic rings. The summed E-state index contributed by atoms with van der Waals surface area (Å²) in [6, 6.07) is 6.13. The van der Waals surface area contributed by atoms with E-state index in [-0.39, 0.29) is 22.6 Å². The Bertz CT molecular complexity index is 1270. The van der Waals surface area contributed by atoms with Crippen molar-refractivity contribution in [2.45, 2.75) is 11.9 Å². The molecule has 33 heavy (non-hydrogen) atoms. The lowest BCUT2D eigenvalue weighted by Crippen LogP contribution is -2.41. The van der Waals surface area contributed by atoms with E-state index in [0.717, 1.165) is 23.1 Å². The number of aliphatic imine (C=N–C) groups is 1. The van der Waals surface area contributed by atoms with Crippen molar-refractivity contribution in [3.63, 3.8) is 0 Å². The highest BCUT2D eigenvalue weighted by atomic mass is 19.4. The number of aromatic nitrogens is 2. The number of hydrogen-bond acceptors (Lipinski definition) is 6. The molecule has 0 radical (unpaired) electrons. The number of benzene rings is 2. The Labute approximate surface area is 183 Å². The summed E-state index contributed by atoms with van der Waals surface area (Å²) in [5.41, 5.74) is 4.16. The van der Waals surface area contributed by atoms with Gasteiger partial charge in [0.05, 0.1) is 0 Å². The molecular formula is C21H14F5N5O2. The monoisotopic (exact) mass is 463 g/mol. The number of halogens is 5. The van der Waals surface area contributed by atoms with E-state index in [0.29, 0.717) is 11.6 Å². The number of nitrogens with zero attached hydrogens (tertiary/aromatic N) is 4. The number of carbonyl (C=O) groups is 1. The van der Waals surface area contributed by atoms with E-state index < -0.39 is 35.2 Å². The van der Waals surface area contributed by atoms with Crippen LogP contribution in [0.15, 0.2) is 60.1 Å². The average molecular weight is 463 g/mol. The predicted octanol–water partition coefficient (Wildman–Crippen LogP) is 3.35. The Hall–Kier alpha value is -4.09. The number of carbonyl (C=O) groups excluding carboxylic acids is 1. The molecule has 12 heteroatoms. The Kier molecular flexibility index (Phi) is 5.23.